The predicted octanol–water partition coefficient (Wildman–Crippen LogP) is 9.18. The van der Waals surface area contributed by atoms with Crippen molar-refractivity contribution in [3.8, 4) is 0 Å². The molecule has 7 nitrogen and oxygen atoms in total. The second-order valence-electron chi connectivity index (χ2n) is 13.8. The van der Waals surface area contributed by atoms with Gasteiger partial charge in [-0.15, -0.1) is 12.4 Å². The Morgan fingerprint density at radius 1 is 0.660 bits per heavy atom. The van der Waals surface area contributed by atoms with Crippen molar-refractivity contribution < 1.29 is 4.79 Å². The maximum atomic E-state index is 13.2. The highest BCUT2D eigenvalue weighted by Crippen LogP contribution is 2.25. The van der Waals surface area contributed by atoms with Crippen LogP contribution >= 0.6 is 35.6 Å². The number of hydrogen-bond donors (Lipinski definition) is 2. The Morgan fingerprint density at radius 2 is 1.00 bits per heavy atom. The molecule has 2 aliphatic rings. The summed E-state index contributed by atoms with van der Waals surface area (Å²) in [4.78, 5) is 18.2. The molecule has 0 unspecified atom stereocenters. The number of carbonyl (C=O) groups is 1. The van der Waals surface area contributed by atoms with Crippen LogP contribution in [0.3, 0.4) is 0 Å². The number of urea groups is 1. The highest BCUT2D eigenvalue weighted by atomic mass is 35.5. The van der Waals surface area contributed by atoms with Crippen LogP contribution in [0.15, 0.2) is 70.9 Å². The molecule has 0 spiro atoms. The zero-order valence-corrected chi connectivity index (χ0v) is 30.6. The second kappa shape index (κ2) is 18.8. The van der Waals surface area contributed by atoms with Crippen molar-refractivity contribution in [2.24, 2.45) is 21.0 Å². The van der Waals surface area contributed by atoms with E-state index in [-0.39, 0.29) is 23.2 Å². The molecule has 4 rings (SSSR count). The molecule has 0 radical (unpaired) electrons. The zero-order valence-electron chi connectivity index (χ0n) is 28.3. The number of piperidine rings is 2. The average molecular weight is 702 g/mol. The molecule has 2 amide bonds. The lowest BCUT2D eigenvalue weighted by Gasteiger charge is -2.35. The van der Waals surface area contributed by atoms with Gasteiger partial charge in [-0.3, -0.25) is 0 Å². The van der Waals surface area contributed by atoms with E-state index < -0.39 is 6.03 Å². The van der Waals surface area contributed by atoms with Gasteiger partial charge in [-0.1, -0.05) is 100 Å². The standard InChI is InChI=1S/C37H50Cl2N6O.ClH/c1-36(2,27-44-23-7-5-8-24-44)33(21-15-29-11-17-31(38)18-12-29)40-42-35(46)43-41-34(22-16-30-13-19-32(39)20-14-30)37(3,4)28-45-25-9-6-10-26-45;/h11-22H,5-10,23-28H2,1-4H3,(H2,42,43,46);1H/b21-15?,22-16?,40-33-,41-34-;. The third-order valence-electron chi connectivity index (χ3n) is 8.69. The fourth-order valence-corrected chi connectivity index (χ4v) is 6.34. The van der Waals surface area contributed by atoms with Gasteiger partial charge >= 0.3 is 6.03 Å². The third kappa shape index (κ3) is 13.0. The summed E-state index contributed by atoms with van der Waals surface area (Å²) in [6.45, 7) is 14.7. The van der Waals surface area contributed by atoms with Crippen LogP contribution in [0, 0.1) is 10.8 Å². The van der Waals surface area contributed by atoms with Crippen LogP contribution < -0.4 is 10.9 Å². The smallest absolute Gasteiger partial charge is 0.302 e. The van der Waals surface area contributed by atoms with E-state index in [2.05, 4.69) is 58.5 Å². The lowest BCUT2D eigenvalue weighted by Crippen LogP contribution is -2.43. The Bertz CT molecular complexity index is 1280. The van der Waals surface area contributed by atoms with E-state index in [4.69, 9.17) is 23.2 Å². The molecule has 0 atom stereocenters. The van der Waals surface area contributed by atoms with Gasteiger partial charge < -0.3 is 9.80 Å². The van der Waals surface area contributed by atoms with Crippen LogP contribution in [0.2, 0.25) is 10.0 Å². The Labute approximate surface area is 297 Å². The fraction of sp³-hybridized carbons (Fsp3) is 0.486. The van der Waals surface area contributed by atoms with E-state index in [1.807, 2.05) is 72.8 Å². The first-order valence-corrected chi connectivity index (χ1v) is 17.3. The van der Waals surface area contributed by atoms with Gasteiger partial charge in [0.15, 0.2) is 0 Å². The summed E-state index contributed by atoms with van der Waals surface area (Å²) in [6, 6.07) is 14.8. The highest BCUT2D eigenvalue weighted by molar-refractivity contribution is 6.30. The van der Waals surface area contributed by atoms with Crippen LogP contribution in [-0.2, 0) is 0 Å². The maximum absolute atomic E-state index is 13.2. The first kappa shape index (κ1) is 38.8. The number of nitrogens with zero attached hydrogens (tertiary/aromatic N) is 4. The molecular formula is C37H51Cl3N6O. The number of carbonyl (C=O) groups excluding carboxylic acids is 1. The van der Waals surface area contributed by atoms with Crippen molar-refractivity contribution in [2.75, 3.05) is 39.3 Å². The number of hydrazone groups is 2. The van der Waals surface area contributed by atoms with Gasteiger partial charge in [0.05, 0.1) is 11.4 Å². The van der Waals surface area contributed by atoms with Crippen LogP contribution in [0.4, 0.5) is 4.79 Å². The van der Waals surface area contributed by atoms with Crippen molar-refractivity contribution in [1.29, 1.82) is 0 Å². The number of likely N-dealkylation sites (tertiary alicyclic amines) is 2. The number of benzene rings is 2. The van der Waals surface area contributed by atoms with Gasteiger partial charge in [0, 0.05) is 34.0 Å². The van der Waals surface area contributed by atoms with Gasteiger partial charge in [-0.25, -0.2) is 15.6 Å². The highest BCUT2D eigenvalue weighted by Gasteiger charge is 2.29. The minimum Gasteiger partial charge on any atom is -0.302 e. The summed E-state index contributed by atoms with van der Waals surface area (Å²) in [5.74, 6) is 0. The van der Waals surface area contributed by atoms with Crippen LogP contribution in [0.1, 0.15) is 77.3 Å². The van der Waals surface area contributed by atoms with Crippen molar-refractivity contribution in [2.45, 2.75) is 66.2 Å². The summed E-state index contributed by atoms with van der Waals surface area (Å²) in [5, 5.41) is 10.7. The molecule has 0 aliphatic carbocycles. The predicted molar refractivity (Wildman–Crippen MR) is 203 cm³/mol. The van der Waals surface area contributed by atoms with E-state index >= 15 is 0 Å². The van der Waals surface area contributed by atoms with Gasteiger partial charge in [0.2, 0.25) is 0 Å². The molecule has 2 heterocycles. The topological polar surface area (TPSA) is 72.3 Å². The van der Waals surface area contributed by atoms with Crippen LogP contribution in [0.25, 0.3) is 12.2 Å². The van der Waals surface area contributed by atoms with E-state index in [0.29, 0.717) is 10.0 Å². The molecule has 2 N–H and O–H groups in total. The van der Waals surface area contributed by atoms with Gasteiger partial charge in [-0.05, 0) is 99.4 Å². The molecule has 2 aromatic carbocycles. The molecule has 10 heteroatoms. The Balaban J connectivity index is 0.00000600. The molecule has 2 aromatic rings. The fourth-order valence-electron chi connectivity index (χ4n) is 6.09. The molecule has 2 fully saturated rings. The van der Waals surface area contributed by atoms with Gasteiger partial charge in [0.25, 0.3) is 0 Å². The summed E-state index contributed by atoms with van der Waals surface area (Å²) in [7, 11) is 0. The quantitative estimate of drug-likeness (QED) is 0.171. The lowest BCUT2D eigenvalue weighted by molar-refractivity contribution is 0.186. The van der Waals surface area contributed by atoms with Gasteiger partial charge in [0.1, 0.15) is 0 Å². The summed E-state index contributed by atoms with van der Waals surface area (Å²) >= 11 is 12.2. The maximum Gasteiger partial charge on any atom is 0.355 e. The molecular weight excluding hydrogens is 651 g/mol. The third-order valence-corrected chi connectivity index (χ3v) is 9.19. The second-order valence-corrected chi connectivity index (χ2v) is 14.6. The largest absolute Gasteiger partial charge is 0.355 e. The molecule has 0 aromatic heterocycles. The SMILES string of the molecule is CC(C)(CN1CCCCC1)/C(C=Cc1ccc(Cl)cc1)=N\NC(=O)N/N=C(/C=Cc1ccc(Cl)cc1)C(C)(C)CN1CCCCC1.Cl. The van der Waals surface area contributed by atoms with E-state index in [1.54, 1.807) is 0 Å². The first-order valence-electron chi connectivity index (χ1n) is 16.5. The molecule has 2 aliphatic heterocycles. The van der Waals surface area contributed by atoms with E-state index in [1.165, 1.54) is 38.5 Å². The average Bonchev–Trinajstić information content (AvgIpc) is 3.03. The van der Waals surface area contributed by atoms with Crippen molar-refractivity contribution >= 4 is 65.2 Å². The van der Waals surface area contributed by atoms with Crippen molar-refractivity contribution in [1.82, 2.24) is 20.7 Å². The summed E-state index contributed by atoms with van der Waals surface area (Å²) in [6.07, 6.45) is 15.4. The number of hydrogen-bond acceptors (Lipinski definition) is 5. The number of rotatable bonds is 12. The molecule has 0 bridgehead atoms. The van der Waals surface area contributed by atoms with Crippen LogP contribution in [0.5, 0.6) is 0 Å². The number of amides is 2. The number of halogens is 3. The molecule has 47 heavy (non-hydrogen) atoms. The molecule has 256 valence electrons. The zero-order chi connectivity index (χ0) is 33.0. The number of nitrogens with one attached hydrogen (secondary N) is 2. The minimum absolute atomic E-state index is 0. The summed E-state index contributed by atoms with van der Waals surface area (Å²) < 4.78 is 0. The normalized spacial score (nSPS) is 17.6. The van der Waals surface area contributed by atoms with Crippen LogP contribution in [-0.4, -0.2) is 66.5 Å². The van der Waals surface area contributed by atoms with Gasteiger partial charge in [-0.2, -0.15) is 10.2 Å². The molecule has 0 saturated carbocycles. The Kier molecular flexibility index (Phi) is 15.5. The lowest BCUT2D eigenvalue weighted by atomic mass is 9.85. The van der Waals surface area contributed by atoms with E-state index in [0.717, 1.165) is 61.8 Å². The Morgan fingerprint density at radius 3 is 1.34 bits per heavy atom. The monoisotopic (exact) mass is 700 g/mol. The Hall–Kier alpha value is -2.68. The van der Waals surface area contributed by atoms with Crippen molar-refractivity contribution in [3.05, 3.63) is 81.9 Å². The molecule has 2 saturated heterocycles. The summed E-state index contributed by atoms with van der Waals surface area (Å²) in [5.41, 5.74) is 8.42. The van der Waals surface area contributed by atoms with E-state index in [9.17, 15) is 4.79 Å². The first-order chi connectivity index (χ1) is 22.0. The minimum atomic E-state index is -0.489. The number of allylic oxidation sites excluding steroid dienone is 2. The van der Waals surface area contributed by atoms with Crippen molar-refractivity contribution in [3.63, 3.8) is 0 Å².